The van der Waals surface area contributed by atoms with E-state index in [-0.39, 0.29) is 12.5 Å². The summed E-state index contributed by atoms with van der Waals surface area (Å²) in [4.78, 5) is 12.4. The molecule has 4 nitrogen and oxygen atoms in total. The molecule has 1 atom stereocenters. The van der Waals surface area contributed by atoms with Gasteiger partial charge in [0.25, 0.3) is 0 Å². The fourth-order valence-corrected chi connectivity index (χ4v) is 3.12. The number of aliphatic hydroxyl groups is 1. The first-order chi connectivity index (χ1) is 11.3. The number of halogens is 2. The molecule has 24 heavy (non-hydrogen) atoms. The number of carbonyl (C=O) groups is 1. The van der Waals surface area contributed by atoms with Crippen LogP contribution in [0.3, 0.4) is 0 Å². The van der Waals surface area contributed by atoms with Gasteiger partial charge in [-0.1, -0.05) is 19.9 Å². The summed E-state index contributed by atoms with van der Waals surface area (Å²) in [5.41, 5.74) is -1.03. The molecule has 0 saturated carbocycles. The van der Waals surface area contributed by atoms with Crippen LogP contribution in [0.15, 0.2) is 18.2 Å². The lowest BCUT2D eigenvalue weighted by Gasteiger charge is -2.31. The van der Waals surface area contributed by atoms with Gasteiger partial charge in [-0.3, -0.25) is 4.79 Å². The zero-order chi connectivity index (χ0) is 17.7. The Morgan fingerprint density at radius 3 is 2.50 bits per heavy atom. The second kappa shape index (κ2) is 8.03. The van der Waals surface area contributed by atoms with Crippen LogP contribution in [0.25, 0.3) is 0 Å². The minimum absolute atomic E-state index is 0.228. The number of benzene rings is 1. The van der Waals surface area contributed by atoms with Crippen LogP contribution < -0.4 is 5.32 Å². The van der Waals surface area contributed by atoms with Crippen molar-refractivity contribution >= 4 is 5.91 Å². The molecule has 1 aromatic carbocycles. The predicted molar refractivity (Wildman–Crippen MR) is 86.3 cm³/mol. The highest BCUT2D eigenvalue weighted by atomic mass is 19.1. The molecular weight excluding hydrogens is 316 g/mol. The van der Waals surface area contributed by atoms with Crippen LogP contribution in [-0.2, 0) is 9.53 Å². The maximum atomic E-state index is 13.6. The Kier molecular flexibility index (Phi) is 6.29. The summed E-state index contributed by atoms with van der Waals surface area (Å²) in [6, 6.07) is 3.40. The Balaban J connectivity index is 1.91. The first kappa shape index (κ1) is 18.8. The van der Waals surface area contributed by atoms with Crippen LogP contribution in [0.2, 0.25) is 0 Å². The number of amides is 1. The summed E-state index contributed by atoms with van der Waals surface area (Å²) < 4.78 is 32.6. The van der Waals surface area contributed by atoms with E-state index in [9.17, 15) is 18.7 Å². The second-order valence-electron chi connectivity index (χ2n) is 7.00. The predicted octanol–water partition coefficient (Wildman–Crippen LogP) is 2.96. The van der Waals surface area contributed by atoms with Gasteiger partial charge in [0.05, 0.1) is 5.56 Å². The molecule has 6 heteroatoms. The minimum atomic E-state index is -1.42. The second-order valence-corrected chi connectivity index (χ2v) is 7.00. The third-order valence-electron chi connectivity index (χ3n) is 4.54. The van der Waals surface area contributed by atoms with Gasteiger partial charge < -0.3 is 15.2 Å². The van der Waals surface area contributed by atoms with Crippen molar-refractivity contribution in [2.75, 3.05) is 19.8 Å². The van der Waals surface area contributed by atoms with Crippen molar-refractivity contribution in [1.82, 2.24) is 5.32 Å². The number of hydrogen-bond acceptors (Lipinski definition) is 3. The third kappa shape index (κ3) is 4.74. The van der Waals surface area contributed by atoms with Gasteiger partial charge in [-0.05, 0) is 37.3 Å². The molecule has 0 radical (unpaired) electrons. The van der Waals surface area contributed by atoms with Gasteiger partial charge in [-0.15, -0.1) is 0 Å². The van der Waals surface area contributed by atoms with Gasteiger partial charge in [0.15, 0.2) is 0 Å². The molecule has 2 N–H and O–H groups in total. The summed E-state index contributed by atoms with van der Waals surface area (Å²) in [6.07, 6.45) is 1.15. The topological polar surface area (TPSA) is 58.6 Å². The molecule has 1 aromatic rings. The van der Waals surface area contributed by atoms with E-state index in [2.05, 4.69) is 5.32 Å². The quantitative estimate of drug-likeness (QED) is 0.836. The van der Waals surface area contributed by atoms with Crippen molar-refractivity contribution < 1.29 is 23.4 Å². The van der Waals surface area contributed by atoms with Crippen LogP contribution in [0.1, 0.15) is 44.8 Å². The van der Waals surface area contributed by atoms with Crippen molar-refractivity contribution in [2.45, 2.75) is 39.2 Å². The maximum absolute atomic E-state index is 13.6. The zero-order valence-corrected chi connectivity index (χ0v) is 14.1. The number of carbonyl (C=O) groups excluding carboxylic acids is 1. The smallest absolute Gasteiger partial charge is 0.225 e. The Labute approximate surface area is 141 Å². The SMILES string of the molecule is CC(C)(CC1CCOCC1)C(=O)NCC(O)c1c(F)cccc1F. The molecule has 1 aliphatic rings. The van der Waals surface area contributed by atoms with E-state index in [1.807, 2.05) is 13.8 Å². The van der Waals surface area contributed by atoms with Crippen molar-refractivity contribution in [2.24, 2.45) is 11.3 Å². The largest absolute Gasteiger partial charge is 0.386 e. The van der Waals surface area contributed by atoms with Crippen LogP contribution in [-0.4, -0.2) is 30.8 Å². The number of aliphatic hydroxyl groups excluding tert-OH is 1. The number of rotatable bonds is 6. The molecular formula is C18H25F2NO3. The minimum Gasteiger partial charge on any atom is -0.386 e. The van der Waals surface area contributed by atoms with Crippen LogP contribution in [0.4, 0.5) is 8.78 Å². The maximum Gasteiger partial charge on any atom is 0.225 e. The zero-order valence-electron chi connectivity index (χ0n) is 14.1. The number of hydrogen-bond donors (Lipinski definition) is 2. The van der Waals surface area contributed by atoms with Crippen LogP contribution in [0, 0.1) is 23.0 Å². The Bertz CT molecular complexity index is 551. The first-order valence-corrected chi connectivity index (χ1v) is 8.29. The standard InChI is InChI=1S/C18H25F2NO3/c1-18(2,10-12-6-8-24-9-7-12)17(23)21-11-15(22)16-13(19)4-3-5-14(16)20/h3-5,12,15,22H,6-11H2,1-2H3,(H,21,23). The summed E-state index contributed by atoms with van der Waals surface area (Å²) >= 11 is 0. The molecule has 0 spiro atoms. The first-order valence-electron chi connectivity index (χ1n) is 8.29. The number of ether oxygens (including phenoxy) is 1. The van der Waals surface area contributed by atoms with E-state index in [0.717, 1.165) is 25.0 Å². The molecule has 1 aliphatic heterocycles. The summed E-state index contributed by atoms with van der Waals surface area (Å²) in [5, 5.41) is 12.6. The normalized spacial score (nSPS) is 17.5. The molecule has 1 fully saturated rings. The highest BCUT2D eigenvalue weighted by molar-refractivity contribution is 5.81. The van der Waals surface area contributed by atoms with Gasteiger partial charge in [0, 0.05) is 25.2 Å². The third-order valence-corrected chi connectivity index (χ3v) is 4.54. The lowest BCUT2D eigenvalue weighted by atomic mass is 9.79. The summed E-state index contributed by atoms with van der Waals surface area (Å²) in [7, 11) is 0. The van der Waals surface area contributed by atoms with E-state index in [1.165, 1.54) is 6.07 Å². The van der Waals surface area contributed by atoms with Crippen LogP contribution in [0.5, 0.6) is 0 Å². The molecule has 0 bridgehead atoms. The van der Waals surface area contributed by atoms with E-state index in [1.54, 1.807) is 0 Å². The van der Waals surface area contributed by atoms with Crippen LogP contribution >= 0.6 is 0 Å². The van der Waals surface area contributed by atoms with Gasteiger partial charge in [-0.25, -0.2) is 8.78 Å². The van der Waals surface area contributed by atoms with Gasteiger partial charge in [0.1, 0.15) is 17.7 Å². The Hall–Kier alpha value is -1.53. The van der Waals surface area contributed by atoms with E-state index in [4.69, 9.17) is 4.74 Å². The van der Waals surface area contributed by atoms with E-state index in [0.29, 0.717) is 25.6 Å². The average molecular weight is 341 g/mol. The molecule has 0 aromatic heterocycles. The molecule has 0 aliphatic carbocycles. The van der Waals surface area contributed by atoms with Crippen molar-refractivity contribution in [1.29, 1.82) is 0 Å². The monoisotopic (exact) mass is 341 g/mol. The Morgan fingerprint density at radius 1 is 1.33 bits per heavy atom. The molecule has 134 valence electrons. The lowest BCUT2D eigenvalue weighted by Crippen LogP contribution is -2.40. The number of nitrogens with one attached hydrogen (secondary N) is 1. The van der Waals surface area contributed by atoms with Crippen molar-refractivity contribution in [3.63, 3.8) is 0 Å². The molecule has 1 unspecified atom stereocenters. The fourth-order valence-electron chi connectivity index (χ4n) is 3.12. The van der Waals surface area contributed by atoms with Crippen molar-refractivity contribution in [3.05, 3.63) is 35.4 Å². The highest BCUT2D eigenvalue weighted by Gasteiger charge is 2.32. The summed E-state index contributed by atoms with van der Waals surface area (Å²) in [5.74, 6) is -1.45. The molecule has 1 saturated heterocycles. The van der Waals surface area contributed by atoms with Gasteiger partial charge >= 0.3 is 0 Å². The van der Waals surface area contributed by atoms with Gasteiger partial charge in [0.2, 0.25) is 5.91 Å². The molecule has 1 heterocycles. The fraction of sp³-hybridized carbons (Fsp3) is 0.611. The lowest BCUT2D eigenvalue weighted by molar-refractivity contribution is -0.131. The van der Waals surface area contributed by atoms with E-state index < -0.39 is 28.7 Å². The molecule has 2 rings (SSSR count). The molecule has 1 amide bonds. The highest BCUT2D eigenvalue weighted by Crippen LogP contribution is 2.31. The summed E-state index contributed by atoms with van der Waals surface area (Å²) in [6.45, 7) is 4.89. The van der Waals surface area contributed by atoms with E-state index >= 15 is 0 Å². The Morgan fingerprint density at radius 2 is 1.92 bits per heavy atom. The van der Waals surface area contributed by atoms with Crippen molar-refractivity contribution in [3.8, 4) is 0 Å². The average Bonchev–Trinajstić information content (AvgIpc) is 2.53. The van der Waals surface area contributed by atoms with Gasteiger partial charge in [-0.2, -0.15) is 0 Å².